The zero-order valence-electron chi connectivity index (χ0n) is 11.5. The summed E-state index contributed by atoms with van der Waals surface area (Å²) in [4.78, 5) is 11.2. The number of carboxylic acids is 1. The molecule has 6 nitrogen and oxygen atoms in total. The van der Waals surface area contributed by atoms with Crippen molar-refractivity contribution in [2.75, 3.05) is 6.61 Å². The van der Waals surface area contributed by atoms with E-state index in [1.165, 1.54) is 0 Å². The van der Waals surface area contributed by atoms with Gasteiger partial charge in [0.2, 0.25) is 0 Å². The fourth-order valence-electron chi connectivity index (χ4n) is 2.01. The summed E-state index contributed by atoms with van der Waals surface area (Å²) in [6, 6.07) is 7.37. The van der Waals surface area contributed by atoms with Crippen LogP contribution in [0.1, 0.15) is 36.5 Å². The van der Waals surface area contributed by atoms with Crippen molar-refractivity contribution < 1.29 is 14.6 Å². The first-order valence-electron chi connectivity index (χ1n) is 6.58. The minimum Gasteiger partial charge on any atom is -0.494 e. The highest BCUT2D eigenvalue weighted by atomic mass is 16.5. The van der Waals surface area contributed by atoms with Crippen molar-refractivity contribution in [3.63, 3.8) is 0 Å². The van der Waals surface area contributed by atoms with Crippen LogP contribution in [0.15, 0.2) is 24.3 Å². The molecule has 0 amide bonds. The SMILES string of the molecule is CCCc1c(C(=O)O)nnn1-c1cccc(OCC)c1. The first-order chi connectivity index (χ1) is 9.67. The van der Waals surface area contributed by atoms with Crippen LogP contribution in [0.4, 0.5) is 0 Å². The lowest BCUT2D eigenvalue weighted by Gasteiger charge is -2.08. The molecule has 0 spiro atoms. The fourth-order valence-corrected chi connectivity index (χ4v) is 2.01. The van der Waals surface area contributed by atoms with E-state index in [-0.39, 0.29) is 5.69 Å². The Morgan fingerprint density at radius 3 is 2.85 bits per heavy atom. The first kappa shape index (κ1) is 14.0. The van der Waals surface area contributed by atoms with Gasteiger partial charge in [0.1, 0.15) is 5.75 Å². The van der Waals surface area contributed by atoms with Crippen LogP contribution in [-0.2, 0) is 6.42 Å². The van der Waals surface area contributed by atoms with E-state index >= 15 is 0 Å². The molecule has 0 aliphatic rings. The number of hydrogen-bond acceptors (Lipinski definition) is 4. The van der Waals surface area contributed by atoms with Crippen LogP contribution in [-0.4, -0.2) is 32.7 Å². The van der Waals surface area contributed by atoms with Gasteiger partial charge in [0.15, 0.2) is 5.69 Å². The molecule has 0 fully saturated rings. The van der Waals surface area contributed by atoms with E-state index < -0.39 is 5.97 Å². The molecule has 0 unspecified atom stereocenters. The highest BCUT2D eigenvalue weighted by Crippen LogP contribution is 2.19. The molecule has 106 valence electrons. The van der Waals surface area contributed by atoms with Crippen LogP contribution < -0.4 is 4.74 Å². The highest BCUT2D eigenvalue weighted by Gasteiger charge is 2.19. The predicted molar refractivity (Wildman–Crippen MR) is 73.5 cm³/mol. The molecule has 0 saturated carbocycles. The molecular formula is C14H17N3O3. The van der Waals surface area contributed by atoms with Crippen LogP contribution >= 0.6 is 0 Å². The third kappa shape index (κ3) is 2.79. The normalized spacial score (nSPS) is 10.5. The second-order valence-corrected chi connectivity index (χ2v) is 4.28. The summed E-state index contributed by atoms with van der Waals surface area (Å²) in [6.07, 6.45) is 1.42. The van der Waals surface area contributed by atoms with E-state index in [1.807, 2.05) is 38.1 Å². The number of rotatable bonds is 6. The Balaban J connectivity index is 2.46. The fraction of sp³-hybridized carbons (Fsp3) is 0.357. The van der Waals surface area contributed by atoms with Gasteiger partial charge in [0.05, 0.1) is 18.0 Å². The van der Waals surface area contributed by atoms with E-state index in [1.54, 1.807) is 4.68 Å². The van der Waals surface area contributed by atoms with Gasteiger partial charge in [-0.25, -0.2) is 9.48 Å². The molecule has 0 aliphatic heterocycles. The van der Waals surface area contributed by atoms with Gasteiger partial charge in [-0.3, -0.25) is 0 Å². The number of aromatic nitrogens is 3. The summed E-state index contributed by atoms with van der Waals surface area (Å²) in [6.45, 7) is 4.47. The van der Waals surface area contributed by atoms with Crippen molar-refractivity contribution in [3.8, 4) is 11.4 Å². The number of carbonyl (C=O) groups is 1. The number of hydrogen-bond donors (Lipinski definition) is 1. The average Bonchev–Trinajstić information content (AvgIpc) is 2.84. The summed E-state index contributed by atoms with van der Waals surface area (Å²) >= 11 is 0. The molecule has 2 rings (SSSR count). The van der Waals surface area contributed by atoms with Crippen molar-refractivity contribution >= 4 is 5.97 Å². The van der Waals surface area contributed by atoms with Gasteiger partial charge >= 0.3 is 5.97 Å². The third-order valence-corrected chi connectivity index (χ3v) is 2.83. The first-order valence-corrected chi connectivity index (χ1v) is 6.58. The monoisotopic (exact) mass is 275 g/mol. The maximum atomic E-state index is 11.2. The lowest BCUT2D eigenvalue weighted by atomic mass is 10.2. The van der Waals surface area contributed by atoms with Gasteiger partial charge in [0, 0.05) is 6.07 Å². The van der Waals surface area contributed by atoms with E-state index in [9.17, 15) is 4.79 Å². The minimum absolute atomic E-state index is 0.00802. The molecule has 0 radical (unpaired) electrons. The maximum absolute atomic E-state index is 11.2. The average molecular weight is 275 g/mol. The topological polar surface area (TPSA) is 77.2 Å². The van der Waals surface area contributed by atoms with Crippen molar-refractivity contribution in [2.24, 2.45) is 0 Å². The second-order valence-electron chi connectivity index (χ2n) is 4.28. The Morgan fingerprint density at radius 2 is 2.20 bits per heavy atom. The van der Waals surface area contributed by atoms with Gasteiger partial charge in [-0.2, -0.15) is 0 Å². The third-order valence-electron chi connectivity index (χ3n) is 2.83. The number of aromatic carboxylic acids is 1. The summed E-state index contributed by atoms with van der Waals surface area (Å²) in [7, 11) is 0. The Bertz CT molecular complexity index is 607. The molecule has 2 aromatic rings. The number of benzene rings is 1. The Hall–Kier alpha value is -2.37. The maximum Gasteiger partial charge on any atom is 0.358 e. The summed E-state index contributed by atoms with van der Waals surface area (Å²) in [5.41, 5.74) is 1.36. The van der Waals surface area contributed by atoms with E-state index in [4.69, 9.17) is 9.84 Å². The standard InChI is InChI=1S/C14H17N3O3/c1-3-6-12-13(14(18)19)15-16-17(12)10-7-5-8-11(9-10)20-4-2/h5,7-9H,3-4,6H2,1-2H3,(H,18,19). The van der Waals surface area contributed by atoms with Gasteiger partial charge in [0.25, 0.3) is 0 Å². The molecule has 1 N–H and O–H groups in total. The number of carboxylic acid groups (broad SMARTS) is 1. The summed E-state index contributed by atoms with van der Waals surface area (Å²) in [5.74, 6) is -0.333. The number of ether oxygens (including phenoxy) is 1. The van der Waals surface area contributed by atoms with Crippen LogP contribution in [0, 0.1) is 0 Å². The molecular weight excluding hydrogens is 258 g/mol. The number of nitrogens with zero attached hydrogens (tertiary/aromatic N) is 3. The highest BCUT2D eigenvalue weighted by molar-refractivity contribution is 5.86. The zero-order chi connectivity index (χ0) is 14.5. The van der Waals surface area contributed by atoms with E-state index in [0.29, 0.717) is 18.7 Å². The Morgan fingerprint density at radius 1 is 1.40 bits per heavy atom. The lowest BCUT2D eigenvalue weighted by molar-refractivity contribution is 0.0689. The van der Waals surface area contributed by atoms with Crippen molar-refractivity contribution in [1.29, 1.82) is 0 Å². The molecule has 20 heavy (non-hydrogen) atoms. The van der Waals surface area contributed by atoms with Gasteiger partial charge in [-0.15, -0.1) is 5.10 Å². The van der Waals surface area contributed by atoms with Crippen LogP contribution in [0.2, 0.25) is 0 Å². The molecule has 0 bridgehead atoms. The summed E-state index contributed by atoms with van der Waals surface area (Å²) in [5, 5.41) is 16.9. The molecule has 0 saturated heterocycles. The van der Waals surface area contributed by atoms with Crippen molar-refractivity contribution in [3.05, 3.63) is 35.7 Å². The summed E-state index contributed by atoms with van der Waals surface area (Å²) < 4.78 is 7.01. The Kier molecular flexibility index (Phi) is 4.34. The van der Waals surface area contributed by atoms with Crippen molar-refractivity contribution in [1.82, 2.24) is 15.0 Å². The van der Waals surface area contributed by atoms with Gasteiger partial charge in [-0.05, 0) is 25.5 Å². The molecule has 1 aromatic carbocycles. The largest absolute Gasteiger partial charge is 0.494 e. The molecule has 0 aliphatic carbocycles. The molecule has 1 aromatic heterocycles. The molecule has 0 atom stereocenters. The van der Waals surface area contributed by atoms with Crippen LogP contribution in [0.5, 0.6) is 5.75 Å². The quantitative estimate of drug-likeness (QED) is 0.875. The molecule has 1 heterocycles. The minimum atomic E-state index is -1.05. The van der Waals surface area contributed by atoms with E-state index in [0.717, 1.165) is 17.9 Å². The Labute approximate surface area is 117 Å². The van der Waals surface area contributed by atoms with E-state index in [2.05, 4.69) is 10.3 Å². The van der Waals surface area contributed by atoms with Crippen LogP contribution in [0.3, 0.4) is 0 Å². The zero-order valence-corrected chi connectivity index (χ0v) is 11.5. The predicted octanol–water partition coefficient (Wildman–Crippen LogP) is 2.32. The van der Waals surface area contributed by atoms with Gasteiger partial charge in [-0.1, -0.05) is 24.6 Å². The second kappa shape index (κ2) is 6.18. The van der Waals surface area contributed by atoms with Gasteiger partial charge < -0.3 is 9.84 Å². The lowest BCUT2D eigenvalue weighted by Crippen LogP contribution is -2.07. The molecule has 6 heteroatoms. The van der Waals surface area contributed by atoms with Crippen molar-refractivity contribution in [2.45, 2.75) is 26.7 Å². The van der Waals surface area contributed by atoms with Crippen LogP contribution in [0.25, 0.3) is 5.69 Å². The smallest absolute Gasteiger partial charge is 0.358 e.